The summed E-state index contributed by atoms with van der Waals surface area (Å²) < 4.78 is 5.01. The predicted octanol–water partition coefficient (Wildman–Crippen LogP) is 0.444. The summed E-state index contributed by atoms with van der Waals surface area (Å²) in [7, 11) is 0. The van der Waals surface area contributed by atoms with Crippen LogP contribution in [0.25, 0.3) is 0 Å². The quantitative estimate of drug-likeness (QED) is 0.860. The van der Waals surface area contributed by atoms with Crippen LogP contribution >= 0.6 is 0 Å². The summed E-state index contributed by atoms with van der Waals surface area (Å²) in [4.78, 5) is 46.9. The number of nitrogens with zero attached hydrogens (tertiary/aromatic N) is 3. The van der Waals surface area contributed by atoms with Crippen molar-refractivity contribution in [3.05, 3.63) is 52.1 Å². The van der Waals surface area contributed by atoms with Crippen LogP contribution in [0.3, 0.4) is 0 Å². The van der Waals surface area contributed by atoms with Crippen molar-refractivity contribution in [1.82, 2.24) is 19.8 Å². The molecule has 4 heterocycles. The van der Waals surface area contributed by atoms with E-state index in [0.717, 1.165) is 5.56 Å². The van der Waals surface area contributed by atoms with Gasteiger partial charge in [0.15, 0.2) is 0 Å². The van der Waals surface area contributed by atoms with E-state index in [9.17, 15) is 14.4 Å². The number of rotatable bonds is 3. The normalized spacial score (nSPS) is 21.9. The summed E-state index contributed by atoms with van der Waals surface area (Å²) in [5, 5.41) is 0. The number of aromatic amines is 1. The molecule has 1 N–H and O–H groups in total. The van der Waals surface area contributed by atoms with Crippen LogP contribution in [-0.2, 0) is 11.2 Å². The van der Waals surface area contributed by atoms with Crippen molar-refractivity contribution in [3.8, 4) is 0 Å². The number of nitrogens with one attached hydrogen (secondary N) is 1. The van der Waals surface area contributed by atoms with Gasteiger partial charge in [-0.05, 0) is 18.6 Å². The van der Waals surface area contributed by atoms with Crippen LogP contribution in [0.5, 0.6) is 0 Å². The van der Waals surface area contributed by atoms with Crippen molar-refractivity contribution >= 4 is 11.8 Å². The van der Waals surface area contributed by atoms with E-state index in [4.69, 9.17) is 4.42 Å². The second-order valence-electron chi connectivity index (χ2n) is 7.05. The van der Waals surface area contributed by atoms with E-state index in [1.54, 1.807) is 30.4 Å². The summed E-state index contributed by atoms with van der Waals surface area (Å²) >= 11 is 0. The summed E-state index contributed by atoms with van der Waals surface area (Å²) in [6, 6.07) is 3.04. The maximum atomic E-state index is 12.6. The molecule has 26 heavy (non-hydrogen) atoms. The van der Waals surface area contributed by atoms with E-state index in [0.29, 0.717) is 38.4 Å². The Balaban J connectivity index is 1.38. The maximum Gasteiger partial charge on any atom is 0.272 e. The van der Waals surface area contributed by atoms with Crippen LogP contribution in [0.15, 0.2) is 33.9 Å². The fraction of sp³-hybridized carbons (Fsp3) is 0.444. The molecule has 0 aliphatic carbocycles. The molecule has 2 aliphatic rings. The predicted molar refractivity (Wildman–Crippen MR) is 91.5 cm³/mol. The molecule has 2 aromatic rings. The summed E-state index contributed by atoms with van der Waals surface area (Å²) in [5.41, 5.74) is 0.731. The van der Waals surface area contributed by atoms with Gasteiger partial charge in [-0.15, -0.1) is 0 Å². The number of furan rings is 1. The zero-order valence-electron chi connectivity index (χ0n) is 14.5. The van der Waals surface area contributed by atoms with Crippen LogP contribution in [-0.4, -0.2) is 57.8 Å². The molecule has 0 aromatic carbocycles. The number of likely N-dealkylation sites (tertiary alicyclic amines) is 2. The molecule has 2 aromatic heterocycles. The van der Waals surface area contributed by atoms with E-state index >= 15 is 0 Å². The number of hydrogen-bond acceptors (Lipinski definition) is 5. The van der Waals surface area contributed by atoms with Crippen molar-refractivity contribution < 1.29 is 14.0 Å². The molecule has 2 saturated heterocycles. The molecule has 2 atom stereocenters. The zero-order valence-corrected chi connectivity index (χ0v) is 14.5. The Morgan fingerprint density at radius 2 is 1.92 bits per heavy atom. The minimum absolute atomic E-state index is 0.0885. The third-order valence-corrected chi connectivity index (χ3v) is 5.14. The monoisotopic (exact) mass is 356 g/mol. The van der Waals surface area contributed by atoms with Crippen LogP contribution in [0, 0.1) is 18.8 Å². The second kappa shape index (κ2) is 6.44. The number of hydrogen-bond donors (Lipinski definition) is 1. The van der Waals surface area contributed by atoms with Gasteiger partial charge in [0.05, 0.1) is 18.9 Å². The van der Waals surface area contributed by atoms with Gasteiger partial charge in [-0.2, -0.15) is 0 Å². The molecule has 0 bridgehead atoms. The lowest BCUT2D eigenvalue weighted by Crippen LogP contribution is -2.36. The molecule has 4 rings (SSSR count). The molecular formula is C18H20N4O4. The van der Waals surface area contributed by atoms with Gasteiger partial charge in [0, 0.05) is 44.1 Å². The standard InChI is InChI=1S/C18H20N4O4/c1-11-19-15(5-16(23)20-11)18(25)22-8-13-6-21(7-14(13)9-22)17(24)4-12-2-3-26-10-12/h2-3,5,10,13-14H,4,6-9H2,1H3,(H,19,20,23)/t13-,14+. The molecule has 2 aliphatic heterocycles. The van der Waals surface area contributed by atoms with Crippen molar-refractivity contribution in [3.63, 3.8) is 0 Å². The number of aromatic nitrogens is 2. The highest BCUT2D eigenvalue weighted by Crippen LogP contribution is 2.32. The van der Waals surface area contributed by atoms with E-state index < -0.39 is 0 Å². The van der Waals surface area contributed by atoms with E-state index in [1.807, 2.05) is 4.90 Å². The lowest BCUT2D eigenvalue weighted by atomic mass is 10.0. The minimum atomic E-state index is -0.323. The topological polar surface area (TPSA) is 99.5 Å². The lowest BCUT2D eigenvalue weighted by Gasteiger charge is -2.21. The number of H-pyrrole nitrogens is 1. The highest BCUT2D eigenvalue weighted by molar-refractivity contribution is 5.92. The van der Waals surface area contributed by atoms with E-state index in [2.05, 4.69) is 9.97 Å². The van der Waals surface area contributed by atoms with Crippen LogP contribution < -0.4 is 5.56 Å². The molecule has 0 saturated carbocycles. The zero-order chi connectivity index (χ0) is 18.3. The molecule has 8 nitrogen and oxygen atoms in total. The molecular weight excluding hydrogens is 336 g/mol. The van der Waals surface area contributed by atoms with E-state index in [1.165, 1.54) is 6.07 Å². The van der Waals surface area contributed by atoms with Gasteiger partial charge in [-0.25, -0.2) is 4.98 Å². The number of carbonyl (C=O) groups excluding carboxylic acids is 2. The van der Waals surface area contributed by atoms with Gasteiger partial charge < -0.3 is 19.2 Å². The third kappa shape index (κ3) is 3.14. The van der Waals surface area contributed by atoms with Crippen LogP contribution in [0.1, 0.15) is 21.9 Å². The first-order valence-corrected chi connectivity index (χ1v) is 8.65. The van der Waals surface area contributed by atoms with Crippen LogP contribution in [0.4, 0.5) is 0 Å². The Labute approximate surface area is 149 Å². The van der Waals surface area contributed by atoms with Crippen molar-refractivity contribution in [2.75, 3.05) is 26.2 Å². The Morgan fingerprint density at radius 1 is 1.23 bits per heavy atom. The Bertz CT molecular complexity index is 875. The largest absolute Gasteiger partial charge is 0.472 e. The average Bonchev–Trinajstić information content (AvgIpc) is 3.28. The number of fused-ring (bicyclic) bond motifs is 1. The van der Waals surface area contributed by atoms with Gasteiger partial charge in [-0.1, -0.05) is 0 Å². The van der Waals surface area contributed by atoms with Gasteiger partial charge in [0.25, 0.3) is 11.5 Å². The van der Waals surface area contributed by atoms with E-state index in [-0.39, 0.29) is 34.9 Å². The van der Waals surface area contributed by atoms with Crippen molar-refractivity contribution in [1.29, 1.82) is 0 Å². The maximum absolute atomic E-state index is 12.6. The lowest BCUT2D eigenvalue weighted by molar-refractivity contribution is -0.129. The van der Waals surface area contributed by atoms with Crippen molar-refractivity contribution in [2.45, 2.75) is 13.3 Å². The van der Waals surface area contributed by atoms with Gasteiger partial charge in [0.1, 0.15) is 11.5 Å². The third-order valence-electron chi connectivity index (χ3n) is 5.14. The fourth-order valence-electron chi connectivity index (χ4n) is 3.89. The highest BCUT2D eigenvalue weighted by atomic mass is 16.3. The second-order valence-corrected chi connectivity index (χ2v) is 7.05. The average molecular weight is 356 g/mol. The SMILES string of the molecule is Cc1nc(C(=O)N2C[C@H]3CN(C(=O)Cc4ccoc4)C[C@H]3C2)cc(=O)[nH]1. The molecule has 2 fully saturated rings. The number of carbonyl (C=O) groups is 2. The molecule has 0 radical (unpaired) electrons. The molecule has 0 unspecified atom stereocenters. The number of aryl methyl sites for hydroxylation is 1. The first-order chi connectivity index (χ1) is 12.5. The number of amides is 2. The molecule has 136 valence electrons. The smallest absolute Gasteiger partial charge is 0.272 e. The molecule has 2 amide bonds. The molecule has 8 heteroatoms. The van der Waals surface area contributed by atoms with Gasteiger partial charge >= 0.3 is 0 Å². The van der Waals surface area contributed by atoms with Gasteiger partial charge in [-0.3, -0.25) is 14.4 Å². The fourth-order valence-corrected chi connectivity index (χ4v) is 3.89. The Hall–Kier alpha value is -2.90. The first-order valence-electron chi connectivity index (χ1n) is 8.65. The first kappa shape index (κ1) is 16.6. The van der Waals surface area contributed by atoms with Gasteiger partial charge in [0.2, 0.25) is 5.91 Å². The van der Waals surface area contributed by atoms with Crippen molar-refractivity contribution in [2.24, 2.45) is 11.8 Å². The Kier molecular flexibility index (Phi) is 4.10. The summed E-state index contributed by atoms with van der Waals surface area (Å²) in [5.74, 6) is 0.845. The molecule has 0 spiro atoms. The minimum Gasteiger partial charge on any atom is -0.472 e. The summed E-state index contributed by atoms with van der Waals surface area (Å²) in [6.45, 7) is 4.15. The highest BCUT2D eigenvalue weighted by Gasteiger charge is 2.43. The summed E-state index contributed by atoms with van der Waals surface area (Å²) in [6.07, 6.45) is 3.50. The Morgan fingerprint density at radius 3 is 2.54 bits per heavy atom. The van der Waals surface area contributed by atoms with Crippen LogP contribution in [0.2, 0.25) is 0 Å².